The number of halogens is 2. The zero-order valence-electron chi connectivity index (χ0n) is 12.6. The molecule has 1 aliphatic rings. The molecule has 0 radical (unpaired) electrons. The van der Waals surface area contributed by atoms with E-state index in [1.165, 1.54) is 5.56 Å². The van der Waals surface area contributed by atoms with E-state index in [0.29, 0.717) is 10.0 Å². The van der Waals surface area contributed by atoms with Crippen molar-refractivity contribution in [2.45, 2.75) is 25.9 Å². The summed E-state index contributed by atoms with van der Waals surface area (Å²) in [5, 5.41) is 10.9. The fourth-order valence-electron chi connectivity index (χ4n) is 2.60. The van der Waals surface area contributed by atoms with Crippen LogP contribution in [0.2, 0.25) is 10.0 Å². The standard InChI is InChI=1S/C16H24Cl2N2O/c1-2-14(21)12-20-9-7-19(8-10-20)6-5-13-3-4-15(17)16(18)11-13/h3-4,11,14,21H,2,5-10,12H2,1H3. The molecule has 1 aliphatic heterocycles. The van der Waals surface area contributed by atoms with E-state index in [1.54, 1.807) is 0 Å². The molecule has 1 N–H and O–H groups in total. The van der Waals surface area contributed by atoms with E-state index in [4.69, 9.17) is 23.2 Å². The van der Waals surface area contributed by atoms with E-state index >= 15 is 0 Å². The monoisotopic (exact) mass is 330 g/mol. The number of β-amino-alcohol motifs (C(OH)–C–C–N with tert-alkyl or cyclic N) is 1. The van der Waals surface area contributed by atoms with Crippen LogP contribution in [0.25, 0.3) is 0 Å². The lowest BCUT2D eigenvalue weighted by Crippen LogP contribution is -2.48. The number of piperazine rings is 1. The van der Waals surface area contributed by atoms with Gasteiger partial charge in [0.15, 0.2) is 0 Å². The third-order valence-corrected chi connectivity index (χ3v) is 4.84. The van der Waals surface area contributed by atoms with Crippen LogP contribution < -0.4 is 0 Å². The molecule has 0 spiro atoms. The van der Waals surface area contributed by atoms with E-state index < -0.39 is 0 Å². The van der Waals surface area contributed by atoms with Gasteiger partial charge in [-0.05, 0) is 30.5 Å². The quantitative estimate of drug-likeness (QED) is 0.868. The van der Waals surface area contributed by atoms with Gasteiger partial charge in [0.05, 0.1) is 16.1 Å². The maximum Gasteiger partial charge on any atom is 0.0664 e. The predicted octanol–water partition coefficient (Wildman–Crippen LogP) is 2.92. The minimum absolute atomic E-state index is 0.187. The Hall–Kier alpha value is -0.320. The van der Waals surface area contributed by atoms with Gasteiger partial charge in [-0.2, -0.15) is 0 Å². The van der Waals surface area contributed by atoms with Gasteiger partial charge < -0.3 is 10.0 Å². The van der Waals surface area contributed by atoms with Crippen molar-refractivity contribution in [3.05, 3.63) is 33.8 Å². The van der Waals surface area contributed by atoms with Crippen LogP contribution in [0.5, 0.6) is 0 Å². The van der Waals surface area contributed by atoms with Crippen LogP contribution in [-0.4, -0.2) is 60.3 Å². The molecule has 1 aromatic rings. The van der Waals surface area contributed by atoms with E-state index in [2.05, 4.69) is 9.80 Å². The first kappa shape index (κ1) is 17.0. The maximum atomic E-state index is 9.70. The summed E-state index contributed by atoms with van der Waals surface area (Å²) in [6, 6.07) is 5.86. The van der Waals surface area contributed by atoms with Crippen molar-refractivity contribution >= 4 is 23.2 Å². The summed E-state index contributed by atoms with van der Waals surface area (Å²) < 4.78 is 0. The first-order chi connectivity index (χ1) is 10.1. The van der Waals surface area contributed by atoms with Crippen molar-refractivity contribution < 1.29 is 5.11 Å². The van der Waals surface area contributed by atoms with Gasteiger partial charge in [-0.25, -0.2) is 0 Å². The largest absolute Gasteiger partial charge is 0.392 e. The number of aliphatic hydroxyl groups excluding tert-OH is 1. The summed E-state index contributed by atoms with van der Waals surface area (Å²) in [5.41, 5.74) is 1.23. The first-order valence-electron chi connectivity index (χ1n) is 7.65. The lowest BCUT2D eigenvalue weighted by Gasteiger charge is -2.35. The zero-order valence-corrected chi connectivity index (χ0v) is 14.1. The summed E-state index contributed by atoms with van der Waals surface area (Å²) in [5.74, 6) is 0. The molecule has 0 bridgehead atoms. The highest BCUT2D eigenvalue weighted by Crippen LogP contribution is 2.22. The molecule has 0 aromatic heterocycles. The van der Waals surface area contributed by atoms with Gasteiger partial charge in [0.25, 0.3) is 0 Å². The molecule has 1 unspecified atom stereocenters. The lowest BCUT2D eigenvalue weighted by atomic mass is 10.1. The van der Waals surface area contributed by atoms with Crippen LogP contribution >= 0.6 is 23.2 Å². The molecule has 21 heavy (non-hydrogen) atoms. The molecular weight excluding hydrogens is 307 g/mol. The van der Waals surface area contributed by atoms with Crippen LogP contribution in [0, 0.1) is 0 Å². The Labute approximate surface area is 137 Å². The van der Waals surface area contributed by atoms with E-state index in [1.807, 2.05) is 25.1 Å². The maximum absolute atomic E-state index is 9.70. The second-order valence-electron chi connectivity index (χ2n) is 5.70. The van der Waals surface area contributed by atoms with Crippen LogP contribution in [0.1, 0.15) is 18.9 Å². The second kappa shape index (κ2) is 8.35. The SMILES string of the molecule is CCC(O)CN1CCN(CCc2ccc(Cl)c(Cl)c2)CC1. The average Bonchev–Trinajstić information content (AvgIpc) is 2.50. The molecule has 1 atom stereocenters. The van der Waals surface area contributed by atoms with Gasteiger partial charge in [0.2, 0.25) is 0 Å². The van der Waals surface area contributed by atoms with Crippen molar-refractivity contribution in [2.75, 3.05) is 39.3 Å². The molecule has 3 nitrogen and oxygen atoms in total. The summed E-state index contributed by atoms with van der Waals surface area (Å²) >= 11 is 12.0. The second-order valence-corrected chi connectivity index (χ2v) is 6.52. The summed E-state index contributed by atoms with van der Waals surface area (Å²) in [4.78, 5) is 4.82. The highest BCUT2D eigenvalue weighted by atomic mass is 35.5. The van der Waals surface area contributed by atoms with E-state index in [9.17, 15) is 5.11 Å². The molecule has 1 saturated heterocycles. The summed E-state index contributed by atoms with van der Waals surface area (Å²) in [6.45, 7) is 8.09. The van der Waals surface area contributed by atoms with Crippen molar-refractivity contribution in [3.8, 4) is 0 Å². The van der Waals surface area contributed by atoms with Crippen molar-refractivity contribution in [1.29, 1.82) is 0 Å². The third-order valence-electron chi connectivity index (χ3n) is 4.11. The average molecular weight is 331 g/mol. The molecule has 0 aliphatic carbocycles. The molecular formula is C16H24Cl2N2O. The van der Waals surface area contributed by atoms with Gasteiger partial charge in [0.1, 0.15) is 0 Å². The fourth-order valence-corrected chi connectivity index (χ4v) is 2.93. The van der Waals surface area contributed by atoms with Gasteiger partial charge in [-0.1, -0.05) is 36.2 Å². The number of hydrogen-bond acceptors (Lipinski definition) is 3. The molecule has 0 amide bonds. The first-order valence-corrected chi connectivity index (χ1v) is 8.40. The number of rotatable bonds is 6. The smallest absolute Gasteiger partial charge is 0.0664 e. The molecule has 5 heteroatoms. The zero-order chi connectivity index (χ0) is 15.2. The van der Waals surface area contributed by atoms with Gasteiger partial charge >= 0.3 is 0 Å². The molecule has 0 saturated carbocycles. The Morgan fingerprint density at radius 2 is 1.76 bits per heavy atom. The van der Waals surface area contributed by atoms with Crippen LogP contribution in [0.4, 0.5) is 0 Å². The van der Waals surface area contributed by atoms with E-state index in [0.717, 1.165) is 52.1 Å². The molecule has 2 rings (SSSR count). The molecule has 1 fully saturated rings. The van der Waals surface area contributed by atoms with Crippen molar-refractivity contribution in [1.82, 2.24) is 9.80 Å². The predicted molar refractivity (Wildman–Crippen MR) is 89.3 cm³/mol. The number of aliphatic hydroxyl groups is 1. The number of hydrogen-bond donors (Lipinski definition) is 1. The highest BCUT2D eigenvalue weighted by molar-refractivity contribution is 6.42. The number of nitrogens with zero attached hydrogens (tertiary/aromatic N) is 2. The Balaban J connectivity index is 1.72. The Morgan fingerprint density at radius 3 is 2.38 bits per heavy atom. The van der Waals surface area contributed by atoms with Gasteiger partial charge in [-0.15, -0.1) is 0 Å². The fraction of sp³-hybridized carbons (Fsp3) is 0.625. The third kappa shape index (κ3) is 5.42. The van der Waals surface area contributed by atoms with Crippen molar-refractivity contribution in [2.24, 2.45) is 0 Å². The van der Waals surface area contributed by atoms with Crippen LogP contribution in [0.3, 0.4) is 0 Å². The van der Waals surface area contributed by atoms with Crippen LogP contribution in [0.15, 0.2) is 18.2 Å². The van der Waals surface area contributed by atoms with Gasteiger partial charge in [0, 0.05) is 39.3 Å². The Morgan fingerprint density at radius 1 is 1.10 bits per heavy atom. The van der Waals surface area contributed by atoms with Crippen LogP contribution in [-0.2, 0) is 6.42 Å². The molecule has 118 valence electrons. The minimum atomic E-state index is -0.187. The van der Waals surface area contributed by atoms with E-state index in [-0.39, 0.29) is 6.10 Å². The van der Waals surface area contributed by atoms with Crippen molar-refractivity contribution in [3.63, 3.8) is 0 Å². The lowest BCUT2D eigenvalue weighted by molar-refractivity contribution is 0.0714. The molecule has 1 aromatic carbocycles. The minimum Gasteiger partial charge on any atom is -0.392 e. The highest BCUT2D eigenvalue weighted by Gasteiger charge is 2.18. The van der Waals surface area contributed by atoms with Gasteiger partial charge in [-0.3, -0.25) is 4.90 Å². The topological polar surface area (TPSA) is 26.7 Å². The summed E-state index contributed by atoms with van der Waals surface area (Å²) in [7, 11) is 0. The molecule has 1 heterocycles. The Bertz CT molecular complexity index is 448. The normalized spacial score (nSPS) is 18.9. The number of benzene rings is 1. The summed E-state index contributed by atoms with van der Waals surface area (Å²) in [6.07, 6.45) is 1.64. The Kier molecular flexibility index (Phi) is 6.77.